The van der Waals surface area contributed by atoms with E-state index in [0.29, 0.717) is 16.5 Å². The number of carbonyl (C=O) groups excluding carboxylic acids is 1. The van der Waals surface area contributed by atoms with Gasteiger partial charge in [-0.3, -0.25) is 14.2 Å². The lowest BCUT2D eigenvalue weighted by Gasteiger charge is -2.11. The molecular weight excluding hydrogens is 410 g/mol. The van der Waals surface area contributed by atoms with E-state index in [1.54, 1.807) is 30.6 Å². The summed E-state index contributed by atoms with van der Waals surface area (Å²) in [6, 6.07) is 10.9. The SMILES string of the molecule is COc1ccc(Cl)cc1NC(=O)CSc1nccn(-c2cc(C)cc(C)c2)c1=O. The van der Waals surface area contributed by atoms with E-state index in [1.165, 1.54) is 11.7 Å². The third kappa shape index (κ3) is 5.19. The number of hydrogen-bond donors (Lipinski definition) is 1. The number of hydrogen-bond acceptors (Lipinski definition) is 5. The molecule has 8 heteroatoms. The molecule has 0 saturated carbocycles. The number of halogens is 1. The molecule has 0 bridgehead atoms. The second kappa shape index (κ2) is 9.15. The normalized spacial score (nSPS) is 10.6. The summed E-state index contributed by atoms with van der Waals surface area (Å²) >= 11 is 7.06. The fraction of sp³-hybridized carbons (Fsp3) is 0.190. The Labute approximate surface area is 177 Å². The van der Waals surface area contributed by atoms with Crippen molar-refractivity contribution < 1.29 is 9.53 Å². The predicted molar refractivity (Wildman–Crippen MR) is 117 cm³/mol. The first-order valence-corrected chi connectivity index (χ1v) is 10.2. The number of amides is 1. The van der Waals surface area contributed by atoms with Crippen LogP contribution < -0.4 is 15.6 Å². The molecule has 1 heterocycles. The molecule has 0 unspecified atom stereocenters. The first-order valence-electron chi connectivity index (χ1n) is 8.80. The Kier molecular flexibility index (Phi) is 6.61. The number of rotatable bonds is 6. The molecule has 0 aliphatic heterocycles. The number of methoxy groups -OCH3 is 1. The molecule has 2 aromatic carbocycles. The van der Waals surface area contributed by atoms with Gasteiger partial charge in [0.2, 0.25) is 5.91 Å². The minimum Gasteiger partial charge on any atom is -0.495 e. The van der Waals surface area contributed by atoms with E-state index < -0.39 is 0 Å². The van der Waals surface area contributed by atoms with Crippen molar-refractivity contribution in [1.82, 2.24) is 9.55 Å². The predicted octanol–water partition coefficient (Wildman–Crippen LogP) is 4.24. The molecule has 0 aliphatic rings. The van der Waals surface area contributed by atoms with Crippen molar-refractivity contribution in [3.8, 4) is 11.4 Å². The van der Waals surface area contributed by atoms with Gasteiger partial charge in [0.15, 0.2) is 5.03 Å². The van der Waals surface area contributed by atoms with Crippen LogP contribution in [0.2, 0.25) is 5.02 Å². The minimum atomic E-state index is -0.293. The van der Waals surface area contributed by atoms with E-state index in [9.17, 15) is 9.59 Å². The topological polar surface area (TPSA) is 73.2 Å². The van der Waals surface area contributed by atoms with Crippen molar-refractivity contribution in [3.63, 3.8) is 0 Å². The summed E-state index contributed by atoms with van der Waals surface area (Å²) in [4.78, 5) is 29.3. The van der Waals surface area contributed by atoms with Gasteiger partial charge in [-0.15, -0.1) is 0 Å². The van der Waals surface area contributed by atoms with Gasteiger partial charge in [0.05, 0.1) is 18.6 Å². The highest BCUT2D eigenvalue weighted by Gasteiger charge is 2.13. The smallest absolute Gasteiger partial charge is 0.287 e. The summed E-state index contributed by atoms with van der Waals surface area (Å²) in [5.74, 6) is 0.232. The maximum Gasteiger partial charge on any atom is 0.287 e. The molecule has 29 heavy (non-hydrogen) atoms. The third-order valence-electron chi connectivity index (χ3n) is 4.07. The molecule has 0 radical (unpaired) electrons. The van der Waals surface area contributed by atoms with Gasteiger partial charge < -0.3 is 10.1 Å². The summed E-state index contributed by atoms with van der Waals surface area (Å²) < 4.78 is 6.76. The van der Waals surface area contributed by atoms with Crippen molar-refractivity contribution in [1.29, 1.82) is 0 Å². The Morgan fingerprint density at radius 2 is 1.93 bits per heavy atom. The van der Waals surface area contributed by atoms with Crippen LogP contribution in [-0.2, 0) is 4.79 Å². The second-order valence-corrected chi connectivity index (χ2v) is 7.84. The zero-order valence-corrected chi connectivity index (χ0v) is 17.8. The summed E-state index contributed by atoms with van der Waals surface area (Å²) in [6.45, 7) is 3.96. The van der Waals surface area contributed by atoms with Gasteiger partial charge >= 0.3 is 0 Å². The second-order valence-electron chi connectivity index (χ2n) is 6.43. The number of nitrogens with one attached hydrogen (secondary N) is 1. The Hall–Kier alpha value is -2.77. The molecule has 150 valence electrons. The summed E-state index contributed by atoms with van der Waals surface area (Å²) in [5.41, 5.74) is 3.10. The van der Waals surface area contributed by atoms with Crippen LogP contribution >= 0.6 is 23.4 Å². The number of aromatic nitrogens is 2. The number of anilines is 1. The van der Waals surface area contributed by atoms with E-state index in [1.807, 2.05) is 32.0 Å². The van der Waals surface area contributed by atoms with E-state index in [0.717, 1.165) is 28.6 Å². The van der Waals surface area contributed by atoms with Crippen molar-refractivity contribution in [3.05, 3.63) is 75.3 Å². The zero-order valence-electron chi connectivity index (χ0n) is 16.2. The van der Waals surface area contributed by atoms with Gasteiger partial charge in [0.1, 0.15) is 5.75 Å². The number of benzene rings is 2. The Morgan fingerprint density at radius 3 is 2.62 bits per heavy atom. The quantitative estimate of drug-likeness (QED) is 0.593. The van der Waals surface area contributed by atoms with Crippen molar-refractivity contribution >= 4 is 35.0 Å². The highest BCUT2D eigenvalue weighted by molar-refractivity contribution is 7.99. The maximum atomic E-state index is 12.8. The van der Waals surface area contributed by atoms with E-state index in [-0.39, 0.29) is 22.2 Å². The lowest BCUT2D eigenvalue weighted by Crippen LogP contribution is -2.22. The Bertz CT molecular complexity index is 1090. The first kappa shape index (κ1) is 21.0. The molecule has 1 amide bonds. The summed E-state index contributed by atoms with van der Waals surface area (Å²) in [5, 5.41) is 3.48. The summed E-state index contributed by atoms with van der Waals surface area (Å²) in [7, 11) is 1.51. The van der Waals surface area contributed by atoms with Gasteiger partial charge in [-0.1, -0.05) is 29.4 Å². The van der Waals surface area contributed by atoms with Crippen LogP contribution in [0.4, 0.5) is 5.69 Å². The van der Waals surface area contributed by atoms with Crippen molar-refractivity contribution in [2.75, 3.05) is 18.2 Å². The van der Waals surface area contributed by atoms with Crippen molar-refractivity contribution in [2.45, 2.75) is 18.9 Å². The number of ether oxygens (including phenoxy) is 1. The number of nitrogens with zero attached hydrogens (tertiary/aromatic N) is 2. The highest BCUT2D eigenvalue weighted by atomic mass is 35.5. The van der Waals surface area contributed by atoms with Crippen LogP contribution in [0.15, 0.2) is 58.6 Å². The van der Waals surface area contributed by atoms with Gasteiger partial charge in [-0.2, -0.15) is 0 Å². The van der Waals surface area contributed by atoms with Crippen LogP contribution in [0.25, 0.3) is 5.69 Å². The minimum absolute atomic E-state index is 0.0226. The number of aryl methyl sites for hydroxylation is 2. The van der Waals surface area contributed by atoms with E-state index >= 15 is 0 Å². The van der Waals surface area contributed by atoms with Gasteiger partial charge in [0.25, 0.3) is 5.56 Å². The van der Waals surface area contributed by atoms with Gasteiger partial charge in [-0.25, -0.2) is 4.98 Å². The van der Waals surface area contributed by atoms with Crippen LogP contribution in [-0.4, -0.2) is 28.3 Å². The zero-order chi connectivity index (χ0) is 21.0. The monoisotopic (exact) mass is 429 g/mol. The molecule has 1 N–H and O–H groups in total. The molecule has 6 nitrogen and oxygen atoms in total. The standard InChI is InChI=1S/C21H20ClN3O3S/c1-13-8-14(2)10-16(9-13)25-7-6-23-20(21(25)27)29-12-19(26)24-17-11-15(22)4-5-18(17)28-3/h4-11H,12H2,1-3H3,(H,24,26). The fourth-order valence-corrected chi connectivity index (χ4v) is 3.75. The average molecular weight is 430 g/mol. The lowest BCUT2D eigenvalue weighted by molar-refractivity contribution is -0.113. The molecule has 0 saturated heterocycles. The molecule has 0 aliphatic carbocycles. The molecule has 0 atom stereocenters. The molecule has 0 fully saturated rings. The maximum absolute atomic E-state index is 12.8. The highest BCUT2D eigenvalue weighted by Crippen LogP contribution is 2.28. The molecule has 3 aromatic rings. The van der Waals surface area contributed by atoms with E-state index in [4.69, 9.17) is 16.3 Å². The Balaban J connectivity index is 1.75. The average Bonchev–Trinajstić information content (AvgIpc) is 2.66. The van der Waals surface area contributed by atoms with Crippen LogP contribution in [0.1, 0.15) is 11.1 Å². The molecule has 0 spiro atoms. The van der Waals surface area contributed by atoms with Crippen LogP contribution in [0.3, 0.4) is 0 Å². The Morgan fingerprint density at radius 1 is 1.21 bits per heavy atom. The third-order valence-corrected chi connectivity index (χ3v) is 5.26. The van der Waals surface area contributed by atoms with Crippen LogP contribution in [0, 0.1) is 13.8 Å². The fourth-order valence-electron chi connectivity index (χ4n) is 2.88. The number of carbonyl (C=O) groups is 1. The lowest BCUT2D eigenvalue weighted by atomic mass is 10.1. The molecule has 1 aromatic heterocycles. The van der Waals surface area contributed by atoms with Crippen LogP contribution in [0.5, 0.6) is 5.75 Å². The van der Waals surface area contributed by atoms with E-state index in [2.05, 4.69) is 10.3 Å². The largest absolute Gasteiger partial charge is 0.495 e. The number of thioether (sulfide) groups is 1. The molecular formula is C21H20ClN3O3S. The van der Waals surface area contributed by atoms with Gasteiger partial charge in [0, 0.05) is 23.1 Å². The molecule has 3 rings (SSSR count). The van der Waals surface area contributed by atoms with Crippen molar-refractivity contribution in [2.24, 2.45) is 0 Å². The van der Waals surface area contributed by atoms with Gasteiger partial charge in [-0.05, 0) is 55.3 Å². The first-order chi connectivity index (χ1) is 13.9. The summed E-state index contributed by atoms with van der Waals surface area (Å²) in [6.07, 6.45) is 3.18.